The monoisotopic (exact) mass is 398 g/mol. The Morgan fingerprint density at radius 3 is 1.25 bits per heavy atom. The van der Waals surface area contributed by atoms with Crippen molar-refractivity contribution in [2.45, 2.75) is 119 Å². The minimum Gasteiger partial charge on any atom is -0.465 e. The van der Waals surface area contributed by atoms with Gasteiger partial charge in [-0.2, -0.15) is 0 Å². The molecule has 0 aliphatic rings. The number of ether oxygens (including phenoxy) is 2. The fourth-order valence-electron chi connectivity index (χ4n) is 3.44. The van der Waals surface area contributed by atoms with E-state index in [9.17, 15) is 9.59 Å². The van der Waals surface area contributed by atoms with Crippen molar-refractivity contribution in [3.05, 3.63) is 0 Å². The van der Waals surface area contributed by atoms with E-state index in [2.05, 4.69) is 41.5 Å². The van der Waals surface area contributed by atoms with E-state index in [1.54, 1.807) is 0 Å². The zero-order valence-electron chi connectivity index (χ0n) is 19.5. The van der Waals surface area contributed by atoms with Gasteiger partial charge in [0.05, 0.1) is 13.2 Å². The average molecular weight is 399 g/mol. The number of carbonyl (C=O) groups excluding carboxylic acids is 2. The van der Waals surface area contributed by atoms with Gasteiger partial charge in [0.25, 0.3) is 0 Å². The Hall–Kier alpha value is -1.06. The summed E-state index contributed by atoms with van der Waals surface area (Å²) in [7, 11) is 0. The highest BCUT2D eigenvalue weighted by atomic mass is 16.5. The van der Waals surface area contributed by atoms with Gasteiger partial charge < -0.3 is 9.47 Å². The molecule has 0 aromatic heterocycles. The number of rotatable bonds is 17. The molecule has 4 nitrogen and oxygen atoms in total. The molecule has 0 aromatic carbocycles. The minimum absolute atomic E-state index is 0.0714. The molecule has 166 valence electrons. The minimum atomic E-state index is -0.0714. The van der Waals surface area contributed by atoms with Crippen LogP contribution in [0.1, 0.15) is 119 Å². The predicted molar refractivity (Wildman–Crippen MR) is 116 cm³/mol. The van der Waals surface area contributed by atoms with Gasteiger partial charge >= 0.3 is 11.9 Å². The molecular formula is C24H46O4. The van der Waals surface area contributed by atoms with Gasteiger partial charge in [0.15, 0.2) is 0 Å². The number of unbranched alkanes of at least 4 members (excludes halogenated alkanes) is 5. The van der Waals surface area contributed by atoms with Crippen LogP contribution in [0.3, 0.4) is 0 Å². The highest BCUT2D eigenvalue weighted by molar-refractivity contribution is 5.69. The Labute approximate surface area is 174 Å². The molecule has 0 saturated carbocycles. The number of carbonyl (C=O) groups is 2. The van der Waals surface area contributed by atoms with Gasteiger partial charge in [-0.3, -0.25) is 9.59 Å². The zero-order valence-corrected chi connectivity index (χ0v) is 19.5. The van der Waals surface area contributed by atoms with Crippen LogP contribution in [0.2, 0.25) is 0 Å². The summed E-state index contributed by atoms with van der Waals surface area (Å²) in [6, 6.07) is 0. The first kappa shape index (κ1) is 26.9. The van der Waals surface area contributed by atoms with Crippen LogP contribution in [0.4, 0.5) is 0 Å². The van der Waals surface area contributed by atoms with Crippen molar-refractivity contribution in [3.8, 4) is 0 Å². The van der Waals surface area contributed by atoms with E-state index in [1.807, 2.05) is 0 Å². The van der Waals surface area contributed by atoms with Crippen molar-refractivity contribution >= 4 is 11.9 Å². The van der Waals surface area contributed by atoms with Gasteiger partial charge in [-0.05, 0) is 36.5 Å². The van der Waals surface area contributed by atoms with Crippen molar-refractivity contribution in [3.63, 3.8) is 0 Å². The lowest BCUT2D eigenvalue weighted by Crippen LogP contribution is -2.21. The highest BCUT2D eigenvalue weighted by Crippen LogP contribution is 2.23. The maximum Gasteiger partial charge on any atom is 0.305 e. The van der Waals surface area contributed by atoms with Crippen LogP contribution in [0.5, 0.6) is 0 Å². The Morgan fingerprint density at radius 2 is 0.929 bits per heavy atom. The summed E-state index contributed by atoms with van der Waals surface area (Å²) in [5.41, 5.74) is 0.161. The summed E-state index contributed by atoms with van der Waals surface area (Å²) in [6.45, 7) is 13.9. The summed E-state index contributed by atoms with van der Waals surface area (Å²) < 4.78 is 10.8. The first-order valence-electron chi connectivity index (χ1n) is 11.4. The third-order valence-electron chi connectivity index (χ3n) is 5.11. The van der Waals surface area contributed by atoms with Crippen LogP contribution in [-0.4, -0.2) is 25.2 Å². The molecule has 0 aromatic rings. The van der Waals surface area contributed by atoms with Gasteiger partial charge in [0, 0.05) is 12.8 Å². The van der Waals surface area contributed by atoms with Crippen molar-refractivity contribution < 1.29 is 19.1 Å². The summed E-state index contributed by atoms with van der Waals surface area (Å²) in [6.07, 6.45) is 11.5. The standard InChI is InChI=1S/C24H46O4/c1-7-17-23(3,4)19-27-21(25)15-13-11-9-10-12-14-16-22(26)28-20-24(5,6)18-8-2/h7-20H2,1-6H3. The van der Waals surface area contributed by atoms with Crippen LogP contribution in [0.25, 0.3) is 0 Å². The first-order chi connectivity index (χ1) is 13.1. The fraction of sp³-hybridized carbons (Fsp3) is 0.917. The molecule has 0 spiro atoms. The summed E-state index contributed by atoms with van der Waals surface area (Å²) in [5, 5.41) is 0. The topological polar surface area (TPSA) is 52.6 Å². The van der Waals surface area contributed by atoms with Crippen molar-refractivity contribution in [1.29, 1.82) is 0 Å². The van der Waals surface area contributed by atoms with Crippen LogP contribution in [-0.2, 0) is 19.1 Å². The maximum atomic E-state index is 11.8. The van der Waals surface area contributed by atoms with Gasteiger partial charge in [-0.15, -0.1) is 0 Å². The third-order valence-corrected chi connectivity index (χ3v) is 5.11. The molecule has 0 saturated heterocycles. The second-order valence-corrected chi connectivity index (χ2v) is 9.77. The molecule has 0 aliphatic heterocycles. The number of esters is 2. The lowest BCUT2D eigenvalue weighted by Gasteiger charge is -2.23. The van der Waals surface area contributed by atoms with Gasteiger partial charge in [-0.25, -0.2) is 0 Å². The average Bonchev–Trinajstić information content (AvgIpc) is 2.60. The molecule has 0 bridgehead atoms. The molecule has 0 fully saturated rings. The Balaban J connectivity index is 3.57. The molecular weight excluding hydrogens is 352 g/mol. The molecule has 0 unspecified atom stereocenters. The molecule has 28 heavy (non-hydrogen) atoms. The SMILES string of the molecule is CCCC(C)(C)COC(=O)CCCCCCCCC(=O)OCC(C)(C)CCC. The molecule has 0 rings (SSSR count). The molecule has 0 N–H and O–H groups in total. The van der Waals surface area contributed by atoms with Crippen molar-refractivity contribution in [2.75, 3.05) is 13.2 Å². The van der Waals surface area contributed by atoms with Crippen molar-refractivity contribution in [1.82, 2.24) is 0 Å². The summed E-state index contributed by atoms with van der Waals surface area (Å²) in [4.78, 5) is 23.6. The quantitative estimate of drug-likeness (QED) is 0.199. The van der Waals surface area contributed by atoms with E-state index in [0.717, 1.165) is 64.2 Å². The molecule has 0 radical (unpaired) electrons. The molecule has 4 heteroatoms. The second kappa shape index (κ2) is 14.9. The van der Waals surface area contributed by atoms with E-state index in [0.29, 0.717) is 26.1 Å². The van der Waals surface area contributed by atoms with E-state index in [4.69, 9.17) is 9.47 Å². The van der Waals surface area contributed by atoms with Gasteiger partial charge in [0.1, 0.15) is 0 Å². The lowest BCUT2D eigenvalue weighted by atomic mass is 9.89. The summed E-state index contributed by atoms with van der Waals surface area (Å²) in [5.74, 6) is -0.143. The third kappa shape index (κ3) is 15.9. The van der Waals surface area contributed by atoms with E-state index in [-0.39, 0.29) is 22.8 Å². The summed E-state index contributed by atoms with van der Waals surface area (Å²) >= 11 is 0. The molecule has 0 heterocycles. The Morgan fingerprint density at radius 1 is 0.607 bits per heavy atom. The van der Waals surface area contributed by atoms with Crippen LogP contribution in [0, 0.1) is 10.8 Å². The maximum absolute atomic E-state index is 11.8. The first-order valence-corrected chi connectivity index (χ1v) is 11.4. The molecule has 0 aliphatic carbocycles. The largest absolute Gasteiger partial charge is 0.465 e. The smallest absolute Gasteiger partial charge is 0.305 e. The van der Waals surface area contributed by atoms with Gasteiger partial charge in [0.2, 0.25) is 0 Å². The van der Waals surface area contributed by atoms with E-state index in [1.165, 1.54) is 0 Å². The predicted octanol–water partition coefficient (Wildman–Crippen LogP) is 6.85. The van der Waals surface area contributed by atoms with Crippen LogP contribution in [0.15, 0.2) is 0 Å². The zero-order chi connectivity index (χ0) is 21.5. The lowest BCUT2D eigenvalue weighted by molar-refractivity contribution is -0.147. The number of hydrogen-bond acceptors (Lipinski definition) is 4. The van der Waals surface area contributed by atoms with E-state index >= 15 is 0 Å². The van der Waals surface area contributed by atoms with Crippen molar-refractivity contribution in [2.24, 2.45) is 10.8 Å². The molecule has 0 atom stereocenters. The number of hydrogen-bond donors (Lipinski definition) is 0. The van der Waals surface area contributed by atoms with Crippen LogP contribution < -0.4 is 0 Å². The van der Waals surface area contributed by atoms with Gasteiger partial charge in [-0.1, -0.05) is 80.1 Å². The fourth-order valence-corrected chi connectivity index (χ4v) is 3.44. The second-order valence-electron chi connectivity index (χ2n) is 9.77. The highest BCUT2D eigenvalue weighted by Gasteiger charge is 2.19. The van der Waals surface area contributed by atoms with Crippen LogP contribution >= 0.6 is 0 Å². The normalized spacial score (nSPS) is 12.1. The Bertz CT molecular complexity index is 386. The van der Waals surface area contributed by atoms with E-state index < -0.39 is 0 Å². The Kier molecular flexibility index (Phi) is 14.3. The molecule has 0 amide bonds.